The Labute approximate surface area is 119 Å². The first-order valence-corrected chi connectivity index (χ1v) is 6.68. The Balaban J connectivity index is 2.62. The van der Waals surface area contributed by atoms with Crippen LogP contribution in [-0.4, -0.2) is 39.5 Å². The quantitative estimate of drug-likeness (QED) is 0.683. The van der Waals surface area contributed by atoms with Crippen LogP contribution in [0.4, 0.5) is 0 Å². The van der Waals surface area contributed by atoms with Gasteiger partial charge in [-0.05, 0) is 39.8 Å². The van der Waals surface area contributed by atoms with Gasteiger partial charge in [-0.25, -0.2) is 9.36 Å². The van der Waals surface area contributed by atoms with E-state index in [-0.39, 0.29) is 6.17 Å². The van der Waals surface area contributed by atoms with Crippen molar-refractivity contribution in [3.8, 4) is 0 Å². The topological polar surface area (TPSA) is 60.0 Å². The lowest BCUT2D eigenvalue weighted by molar-refractivity contribution is 0.429. The van der Waals surface area contributed by atoms with Gasteiger partial charge in [0.1, 0.15) is 5.84 Å². The summed E-state index contributed by atoms with van der Waals surface area (Å²) in [7, 11) is 3.64. The maximum atomic E-state index is 4.59. The van der Waals surface area contributed by atoms with Gasteiger partial charge in [0.05, 0.1) is 11.4 Å². The number of aromatic nitrogens is 4. The molecule has 108 valence electrons. The molecular formula is C14H22N6. The molecule has 1 N–H and O–H groups in total. The van der Waals surface area contributed by atoms with E-state index in [0.717, 1.165) is 28.6 Å². The summed E-state index contributed by atoms with van der Waals surface area (Å²) >= 11 is 0. The third-order valence-electron chi connectivity index (χ3n) is 3.29. The fourth-order valence-corrected chi connectivity index (χ4v) is 2.48. The monoisotopic (exact) mass is 274 g/mol. The van der Waals surface area contributed by atoms with Crippen molar-refractivity contribution in [1.29, 1.82) is 0 Å². The van der Waals surface area contributed by atoms with Crippen LogP contribution in [0.1, 0.15) is 28.9 Å². The molecule has 2 aromatic rings. The molecule has 2 aromatic heterocycles. The summed E-state index contributed by atoms with van der Waals surface area (Å²) in [4.78, 5) is 4.34. The van der Waals surface area contributed by atoms with E-state index < -0.39 is 0 Å². The van der Waals surface area contributed by atoms with Crippen LogP contribution < -0.4 is 5.32 Å². The van der Waals surface area contributed by atoms with Crippen LogP contribution in [0, 0.1) is 27.7 Å². The molecule has 2 rings (SSSR count). The van der Waals surface area contributed by atoms with E-state index in [1.54, 1.807) is 7.05 Å². The third kappa shape index (κ3) is 2.45. The Morgan fingerprint density at radius 1 is 1.05 bits per heavy atom. The first-order chi connectivity index (χ1) is 9.47. The Morgan fingerprint density at radius 3 is 1.75 bits per heavy atom. The summed E-state index contributed by atoms with van der Waals surface area (Å²) in [5, 5.41) is 12.3. The molecule has 2 heterocycles. The molecular weight excluding hydrogens is 252 g/mol. The van der Waals surface area contributed by atoms with E-state index in [0.29, 0.717) is 0 Å². The lowest BCUT2D eigenvalue weighted by atomic mass is 10.3. The zero-order chi connectivity index (χ0) is 14.9. The Kier molecular flexibility index (Phi) is 3.92. The number of amidine groups is 1. The van der Waals surface area contributed by atoms with Gasteiger partial charge in [-0.3, -0.25) is 4.99 Å². The number of aliphatic imine (C=N–C) groups is 1. The number of nitrogens with zero attached hydrogens (tertiary/aromatic N) is 5. The van der Waals surface area contributed by atoms with Crippen molar-refractivity contribution in [3.05, 3.63) is 34.9 Å². The number of aryl methyl sites for hydroxylation is 4. The Morgan fingerprint density at radius 2 is 1.50 bits per heavy atom. The highest BCUT2D eigenvalue weighted by Crippen LogP contribution is 2.17. The smallest absolute Gasteiger partial charge is 0.200 e. The minimum Gasteiger partial charge on any atom is -0.373 e. The van der Waals surface area contributed by atoms with Gasteiger partial charge in [0.2, 0.25) is 6.17 Å². The van der Waals surface area contributed by atoms with Crippen molar-refractivity contribution in [2.24, 2.45) is 4.99 Å². The lowest BCUT2D eigenvalue weighted by Gasteiger charge is -2.22. The number of hydrogen-bond donors (Lipinski definition) is 1. The molecule has 6 heteroatoms. The highest BCUT2D eigenvalue weighted by atomic mass is 15.5. The van der Waals surface area contributed by atoms with Gasteiger partial charge in [-0.2, -0.15) is 10.2 Å². The van der Waals surface area contributed by atoms with Crippen molar-refractivity contribution in [2.75, 3.05) is 14.1 Å². The van der Waals surface area contributed by atoms with E-state index in [4.69, 9.17) is 0 Å². The number of nitrogens with one attached hydrogen (secondary N) is 1. The SMILES string of the molecule is CN=C(NC)C(n1nc(C)cc1C)n1nc(C)cc1C. The zero-order valence-electron chi connectivity index (χ0n) is 13.0. The van der Waals surface area contributed by atoms with Gasteiger partial charge in [0, 0.05) is 25.5 Å². The van der Waals surface area contributed by atoms with Crippen molar-refractivity contribution < 1.29 is 0 Å². The summed E-state index contributed by atoms with van der Waals surface area (Å²) in [5.74, 6) is 0.822. The highest BCUT2D eigenvalue weighted by molar-refractivity contribution is 5.85. The van der Waals surface area contributed by atoms with E-state index in [1.165, 1.54) is 0 Å². The van der Waals surface area contributed by atoms with E-state index in [1.807, 2.05) is 44.1 Å². The van der Waals surface area contributed by atoms with E-state index >= 15 is 0 Å². The van der Waals surface area contributed by atoms with Crippen LogP contribution in [0.25, 0.3) is 0 Å². The van der Waals surface area contributed by atoms with Crippen molar-refractivity contribution in [3.63, 3.8) is 0 Å². The molecule has 0 fully saturated rings. The second-order valence-electron chi connectivity index (χ2n) is 4.98. The Bertz CT molecular complexity index is 588. The van der Waals surface area contributed by atoms with Crippen LogP contribution in [0.5, 0.6) is 0 Å². The molecule has 0 aromatic carbocycles. The van der Waals surface area contributed by atoms with Crippen LogP contribution in [0.2, 0.25) is 0 Å². The summed E-state index contributed by atoms with van der Waals surface area (Å²) in [5.41, 5.74) is 4.13. The van der Waals surface area contributed by atoms with Crippen LogP contribution in [0.15, 0.2) is 17.1 Å². The number of rotatable bonds is 3. The maximum Gasteiger partial charge on any atom is 0.200 e. The minimum absolute atomic E-state index is 0.188. The average Bonchev–Trinajstić information content (AvgIpc) is 2.88. The fraction of sp³-hybridized carbons (Fsp3) is 0.500. The lowest BCUT2D eigenvalue weighted by Crippen LogP contribution is -2.37. The van der Waals surface area contributed by atoms with Crippen molar-refractivity contribution >= 4 is 5.84 Å². The van der Waals surface area contributed by atoms with Crippen molar-refractivity contribution in [2.45, 2.75) is 33.9 Å². The molecule has 0 amide bonds. The van der Waals surface area contributed by atoms with E-state index in [2.05, 4.69) is 32.6 Å². The standard InChI is InChI=1S/C14H22N6/c1-9-7-11(3)19(17-9)14(13(15-5)16-6)20-12(4)8-10(2)18-20/h7-8,14H,1-6H3,(H,15,16). The molecule has 6 nitrogen and oxygen atoms in total. The van der Waals surface area contributed by atoms with Gasteiger partial charge in [0.15, 0.2) is 0 Å². The third-order valence-corrected chi connectivity index (χ3v) is 3.29. The summed E-state index contributed by atoms with van der Waals surface area (Å²) in [6.07, 6.45) is -0.188. The first-order valence-electron chi connectivity index (χ1n) is 6.68. The molecule has 0 unspecified atom stereocenters. The van der Waals surface area contributed by atoms with Crippen molar-refractivity contribution in [1.82, 2.24) is 24.9 Å². The number of hydrogen-bond acceptors (Lipinski definition) is 3. The average molecular weight is 274 g/mol. The molecule has 0 aliphatic rings. The minimum atomic E-state index is -0.188. The first kappa shape index (κ1) is 14.3. The molecule has 0 bridgehead atoms. The predicted molar refractivity (Wildman–Crippen MR) is 80.3 cm³/mol. The normalized spacial score (nSPS) is 12.2. The second kappa shape index (κ2) is 5.48. The maximum absolute atomic E-state index is 4.59. The molecule has 0 spiro atoms. The summed E-state index contributed by atoms with van der Waals surface area (Å²) in [6, 6.07) is 4.11. The summed E-state index contributed by atoms with van der Waals surface area (Å²) < 4.78 is 3.90. The highest BCUT2D eigenvalue weighted by Gasteiger charge is 2.24. The van der Waals surface area contributed by atoms with Crippen LogP contribution >= 0.6 is 0 Å². The molecule has 0 saturated carbocycles. The molecule has 0 saturated heterocycles. The number of likely N-dealkylation sites (N-methyl/N-ethyl adjacent to an activating group) is 1. The molecule has 20 heavy (non-hydrogen) atoms. The van der Waals surface area contributed by atoms with Gasteiger partial charge in [0.25, 0.3) is 0 Å². The molecule has 0 aliphatic heterocycles. The van der Waals surface area contributed by atoms with Crippen LogP contribution in [-0.2, 0) is 0 Å². The van der Waals surface area contributed by atoms with E-state index in [9.17, 15) is 0 Å². The predicted octanol–water partition coefficient (Wildman–Crippen LogP) is 1.61. The van der Waals surface area contributed by atoms with Gasteiger partial charge in [-0.15, -0.1) is 0 Å². The largest absolute Gasteiger partial charge is 0.373 e. The zero-order valence-corrected chi connectivity index (χ0v) is 13.0. The fourth-order valence-electron chi connectivity index (χ4n) is 2.48. The van der Waals surface area contributed by atoms with Gasteiger partial charge < -0.3 is 5.32 Å². The summed E-state index contributed by atoms with van der Waals surface area (Å²) in [6.45, 7) is 8.07. The molecule has 0 aliphatic carbocycles. The molecule has 0 atom stereocenters. The second-order valence-corrected chi connectivity index (χ2v) is 4.98. The van der Waals surface area contributed by atoms with Gasteiger partial charge >= 0.3 is 0 Å². The van der Waals surface area contributed by atoms with Gasteiger partial charge in [-0.1, -0.05) is 0 Å². The van der Waals surface area contributed by atoms with Crippen LogP contribution in [0.3, 0.4) is 0 Å². The Hall–Kier alpha value is -2.11. The molecule has 0 radical (unpaired) electrons.